The van der Waals surface area contributed by atoms with E-state index in [1.165, 1.54) is 7.11 Å². The van der Waals surface area contributed by atoms with Gasteiger partial charge in [-0.25, -0.2) is 0 Å². The Balaban J connectivity index is 2.06. The lowest BCUT2D eigenvalue weighted by Gasteiger charge is -2.20. The Morgan fingerprint density at radius 2 is 1.94 bits per heavy atom. The number of ether oxygens (including phenoxy) is 2. The standard InChI is InChI=1S/C11H12F3NO2/c1-16-8-4-2-7(3-5-8)15-10(9-6-17-9)11(12,13)14/h2-5,9-10,15H,6H2,1H3. The van der Waals surface area contributed by atoms with Gasteiger partial charge in [-0.3, -0.25) is 0 Å². The lowest BCUT2D eigenvalue weighted by Crippen LogP contribution is -2.40. The molecule has 1 N–H and O–H groups in total. The molecule has 94 valence electrons. The summed E-state index contributed by atoms with van der Waals surface area (Å²) < 4.78 is 47.7. The van der Waals surface area contributed by atoms with Crippen LogP contribution in [0.25, 0.3) is 0 Å². The van der Waals surface area contributed by atoms with Crippen LogP contribution in [0.1, 0.15) is 0 Å². The first-order valence-corrected chi connectivity index (χ1v) is 5.09. The van der Waals surface area contributed by atoms with Crippen molar-refractivity contribution < 1.29 is 22.6 Å². The fraction of sp³-hybridized carbons (Fsp3) is 0.455. The number of rotatable bonds is 4. The van der Waals surface area contributed by atoms with Gasteiger partial charge in [-0.15, -0.1) is 0 Å². The lowest BCUT2D eigenvalue weighted by atomic mass is 10.2. The summed E-state index contributed by atoms with van der Waals surface area (Å²) in [5.41, 5.74) is 0.392. The minimum absolute atomic E-state index is 0.146. The van der Waals surface area contributed by atoms with Crippen LogP contribution in [0.15, 0.2) is 24.3 Å². The zero-order valence-electron chi connectivity index (χ0n) is 9.12. The first-order valence-electron chi connectivity index (χ1n) is 5.09. The second-order valence-corrected chi connectivity index (χ2v) is 3.76. The minimum Gasteiger partial charge on any atom is -0.497 e. The van der Waals surface area contributed by atoms with E-state index in [4.69, 9.17) is 9.47 Å². The van der Waals surface area contributed by atoms with Gasteiger partial charge in [0, 0.05) is 5.69 Å². The fourth-order valence-electron chi connectivity index (χ4n) is 1.50. The highest BCUT2D eigenvalue weighted by Crippen LogP contribution is 2.32. The molecule has 2 unspecified atom stereocenters. The molecule has 2 rings (SSSR count). The van der Waals surface area contributed by atoms with Crippen LogP contribution in [0.5, 0.6) is 5.75 Å². The van der Waals surface area contributed by atoms with Crippen molar-refractivity contribution in [3.63, 3.8) is 0 Å². The van der Waals surface area contributed by atoms with Crippen LogP contribution in [-0.4, -0.2) is 32.0 Å². The van der Waals surface area contributed by atoms with Crippen molar-refractivity contribution in [3.05, 3.63) is 24.3 Å². The smallest absolute Gasteiger partial charge is 0.411 e. The van der Waals surface area contributed by atoms with Crippen molar-refractivity contribution in [3.8, 4) is 5.75 Å². The number of halogens is 3. The minimum atomic E-state index is -4.32. The van der Waals surface area contributed by atoms with E-state index in [0.29, 0.717) is 11.4 Å². The molecule has 1 aliphatic rings. The molecular formula is C11H12F3NO2. The molecular weight excluding hydrogens is 235 g/mol. The number of hydrogen-bond donors (Lipinski definition) is 1. The molecule has 1 aromatic rings. The van der Waals surface area contributed by atoms with Gasteiger partial charge in [0.15, 0.2) is 6.04 Å². The maximum Gasteiger partial charge on any atom is 0.411 e. The topological polar surface area (TPSA) is 33.8 Å². The van der Waals surface area contributed by atoms with E-state index in [1.807, 2.05) is 0 Å². The number of anilines is 1. The van der Waals surface area contributed by atoms with E-state index in [0.717, 1.165) is 0 Å². The summed E-state index contributed by atoms with van der Waals surface area (Å²) in [6.45, 7) is 0.146. The Bertz CT molecular complexity index is 373. The quantitative estimate of drug-likeness (QED) is 0.830. The Labute approximate surface area is 96.5 Å². The molecule has 2 atom stereocenters. The molecule has 1 fully saturated rings. The second kappa shape index (κ2) is 4.44. The zero-order valence-corrected chi connectivity index (χ0v) is 9.12. The molecule has 0 aliphatic carbocycles. The normalized spacial score (nSPS) is 20.8. The summed E-state index contributed by atoms with van der Waals surface area (Å²) in [7, 11) is 1.50. The summed E-state index contributed by atoms with van der Waals surface area (Å²) >= 11 is 0. The van der Waals surface area contributed by atoms with Crippen LogP contribution < -0.4 is 10.1 Å². The summed E-state index contributed by atoms with van der Waals surface area (Å²) in [5.74, 6) is 0.599. The van der Waals surface area contributed by atoms with E-state index >= 15 is 0 Å². The largest absolute Gasteiger partial charge is 0.497 e. The van der Waals surface area contributed by atoms with E-state index in [2.05, 4.69) is 5.32 Å². The van der Waals surface area contributed by atoms with Gasteiger partial charge in [0.05, 0.1) is 13.7 Å². The van der Waals surface area contributed by atoms with Crippen LogP contribution >= 0.6 is 0 Å². The molecule has 3 nitrogen and oxygen atoms in total. The van der Waals surface area contributed by atoms with Crippen LogP contribution in [0.4, 0.5) is 18.9 Å². The SMILES string of the molecule is COc1ccc(NC(C2CO2)C(F)(F)F)cc1. The molecule has 0 bridgehead atoms. The van der Waals surface area contributed by atoms with Gasteiger partial charge in [-0.05, 0) is 24.3 Å². The predicted octanol–water partition coefficient (Wildman–Crippen LogP) is 2.44. The Morgan fingerprint density at radius 3 is 2.35 bits per heavy atom. The third kappa shape index (κ3) is 3.03. The van der Waals surface area contributed by atoms with Crippen LogP contribution in [0.2, 0.25) is 0 Å². The fourth-order valence-corrected chi connectivity index (χ4v) is 1.50. The van der Waals surface area contributed by atoms with Gasteiger partial charge in [0.25, 0.3) is 0 Å². The molecule has 17 heavy (non-hydrogen) atoms. The Hall–Kier alpha value is -1.43. The van der Waals surface area contributed by atoms with Crippen LogP contribution in [-0.2, 0) is 4.74 Å². The van der Waals surface area contributed by atoms with Gasteiger partial charge >= 0.3 is 6.18 Å². The van der Waals surface area contributed by atoms with Crippen molar-refractivity contribution in [1.29, 1.82) is 0 Å². The number of epoxide rings is 1. The molecule has 1 aromatic carbocycles. The van der Waals surface area contributed by atoms with Crippen LogP contribution in [0, 0.1) is 0 Å². The van der Waals surface area contributed by atoms with Gasteiger partial charge in [0.1, 0.15) is 11.9 Å². The number of alkyl halides is 3. The molecule has 0 amide bonds. The zero-order chi connectivity index (χ0) is 12.5. The first kappa shape index (κ1) is 12.0. The number of hydrogen-bond acceptors (Lipinski definition) is 3. The number of methoxy groups -OCH3 is 1. The van der Waals surface area contributed by atoms with Gasteiger partial charge in [-0.2, -0.15) is 13.2 Å². The highest BCUT2D eigenvalue weighted by atomic mass is 19.4. The van der Waals surface area contributed by atoms with Gasteiger partial charge in [0.2, 0.25) is 0 Å². The summed E-state index contributed by atoms with van der Waals surface area (Å²) in [6.07, 6.45) is -5.10. The molecule has 0 saturated carbocycles. The van der Waals surface area contributed by atoms with Crippen LogP contribution in [0.3, 0.4) is 0 Å². The highest BCUT2D eigenvalue weighted by molar-refractivity contribution is 5.47. The molecule has 1 saturated heterocycles. The van der Waals surface area contributed by atoms with E-state index in [-0.39, 0.29) is 6.61 Å². The molecule has 1 heterocycles. The Morgan fingerprint density at radius 1 is 1.35 bits per heavy atom. The third-order valence-electron chi connectivity index (χ3n) is 2.50. The maximum absolute atomic E-state index is 12.7. The van der Waals surface area contributed by atoms with E-state index in [9.17, 15) is 13.2 Å². The lowest BCUT2D eigenvalue weighted by molar-refractivity contribution is -0.146. The summed E-state index contributed by atoms with van der Waals surface area (Å²) in [4.78, 5) is 0. The molecule has 0 spiro atoms. The van der Waals surface area contributed by atoms with Crippen molar-refractivity contribution in [2.75, 3.05) is 19.0 Å². The van der Waals surface area contributed by atoms with Crippen molar-refractivity contribution in [2.24, 2.45) is 0 Å². The average molecular weight is 247 g/mol. The number of nitrogens with one attached hydrogen (secondary N) is 1. The van der Waals surface area contributed by atoms with Gasteiger partial charge < -0.3 is 14.8 Å². The first-order chi connectivity index (χ1) is 8.00. The Kier molecular flexibility index (Phi) is 3.15. The van der Waals surface area contributed by atoms with Crippen molar-refractivity contribution in [2.45, 2.75) is 18.3 Å². The molecule has 1 aliphatic heterocycles. The second-order valence-electron chi connectivity index (χ2n) is 3.76. The van der Waals surface area contributed by atoms with Crippen molar-refractivity contribution >= 4 is 5.69 Å². The molecule has 0 radical (unpaired) electrons. The summed E-state index contributed by atoms with van der Waals surface area (Å²) in [6, 6.07) is 4.63. The molecule has 0 aromatic heterocycles. The monoisotopic (exact) mass is 247 g/mol. The third-order valence-corrected chi connectivity index (χ3v) is 2.50. The summed E-state index contributed by atoms with van der Waals surface area (Å²) in [5, 5.41) is 2.43. The van der Waals surface area contributed by atoms with Gasteiger partial charge in [-0.1, -0.05) is 0 Å². The maximum atomic E-state index is 12.7. The van der Waals surface area contributed by atoms with E-state index < -0.39 is 18.3 Å². The van der Waals surface area contributed by atoms with E-state index in [1.54, 1.807) is 24.3 Å². The highest BCUT2D eigenvalue weighted by Gasteiger charge is 2.50. The average Bonchev–Trinajstić information content (AvgIpc) is 3.09. The number of benzene rings is 1. The van der Waals surface area contributed by atoms with Crippen molar-refractivity contribution in [1.82, 2.24) is 0 Å². The predicted molar refractivity (Wildman–Crippen MR) is 56.2 cm³/mol. The molecule has 6 heteroatoms.